The number of aliphatic carboxylic acids is 1. The molecule has 0 fully saturated rings. The number of carboxylic acid groups (broad SMARTS) is 1. The van der Waals surface area contributed by atoms with Crippen LogP contribution >= 0.6 is 0 Å². The third kappa shape index (κ3) is 10.7. The Bertz CT molecular complexity index is 309. The maximum Gasteiger partial charge on any atom is 0.323 e. The van der Waals surface area contributed by atoms with E-state index >= 15 is 0 Å². The van der Waals surface area contributed by atoms with Gasteiger partial charge in [-0.25, -0.2) is 4.79 Å². The summed E-state index contributed by atoms with van der Waals surface area (Å²) in [6, 6.07) is -0.568. The molecule has 0 spiro atoms. The molecule has 0 bridgehead atoms. The lowest BCUT2D eigenvalue weighted by molar-refractivity contribution is -0.154. The predicted octanol–water partition coefficient (Wildman–Crippen LogP) is 0.492. The molecule has 0 radical (unpaired) electrons. The van der Waals surface area contributed by atoms with E-state index in [1.54, 1.807) is 20.8 Å². The fraction of sp³-hybridized carbons (Fsp3) is 0.727. The molecule has 0 saturated heterocycles. The van der Waals surface area contributed by atoms with Crippen molar-refractivity contribution in [3.05, 3.63) is 0 Å². The molecule has 104 valence electrons. The molecule has 0 aromatic heterocycles. The first-order valence-corrected chi connectivity index (χ1v) is 5.66. The summed E-state index contributed by atoms with van der Waals surface area (Å²) >= 11 is 0. The van der Waals surface area contributed by atoms with Gasteiger partial charge in [0.1, 0.15) is 12.1 Å². The molecule has 18 heavy (non-hydrogen) atoms. The summed E-state index contributed by atoms with van der Waals surface area (Å²) in [5.41, 5.74) is -0.511. The molecule has 0 unspecified atom stereocenters. The first-order valence-electron chi connectivity index (χ1n) is 5.66. The zero-order valence-corrected chi connectivity index (χ0v) is 10.9. The number of hydrogen-bond donors (Lipinski definition) is 3. The molecular formula is C11H20N2O5. The highest BCUT2D eigenvalue weighted by Gasteiger charge is 2.15. The van der Waals surface area contributed by atoms with Crippen LogP contribution < -0.4 is 10.6 Å². The van der Waals surface area contributed by atoms with Gasteiger partial charge in [-0.15, -0.1) is 0 Å². The average molecular weight is 260 g/mol. The number of amides is 2. The van der Waals surface area contributed by atoms with Crippen molar-refractivity contribution in [2.75, 3.05) is 13.1 Å². The van der Waals surface area contributed by atoms with E-state index in [0.29, 0.717) is 6.42 Å². The molecule has 0 aliphatic heterocycles. The first kappa shape index (κ1) is 16.2. The Hall–Kier alpha value is -1.79. The van der Waals surface area contributed by atoms with Crippen LogP contribution in [-0.2, 0) is 14.3 Å². The Balaban J connectivity index is 3.59. The predicted molar refractivity (Wildman–Crippen MR) is 64.1 cm³/mol. The highest BCUT2D eigenvalue weighted by Crippen LogP contribution is 2.08. The van der Waals surface area contributed by atoms with Crippen LogP contribution in [-0.4, -0.2) is 41.8 Å². The first-order chi connectivity index (χ1) is 8.20. The smallest absolute Gasteiger partial charge is 0.323 e. The van der Waals surface area contributed by atoms with Crippen molar-refractivity contribution >= 4 is 18.0 Å². The quantitative estimate of drug-likeness (QED) is 0.476. The lowest BCUT2D eigenvalue weighted by Crippen LogP contribution is -2.39. The summed E-state index contributed by atoms with van der Waals surface area (Å²) in [4.78, 5) is 32.5. The number of urea groups is 1. The summed E-state index contributed by atoms with van der Waals surface area (Å²) in [6.07, 6.45) is 0.645. The van der Waals surface area contributed by atoms with Crippen LogP contribution in [0.1, 0.15) is 33.6 Å². The van der Waals surface area contributed by atoms with Crippen LogP contribution in [0.4, 0.5) is 4.79 Å². The fourth-order valence-electron chi connectivity index (χ4n) is 1.05. The Morgan fingerprint density at radius 3 is 2.28 bits per heavy atom. The fourth-order valence-corrected chi connectivity index (χ4v) is 1.05. The Morgan fingerprint density at radius 2 is 1.78 bits per heavy atom. The van der Waals surface area contributed by atoms with Crippen molar-refractivity contribution in [3.8, 4) is 0 Å². The van der Waals surface area contributed by atoms with Crippen molar-refractivity contribution < 1.29 is 24.2 Å². The third-order valence-electron chi connectivity index (χ3n) is 1.66. The number of esters is 1. The molecule has 7 nitrogen and oxygen atoms in total. The Labute approximate surface area is 106 Å². The molecular weight excluding hydrogens is 240 g/mol. The van der Waals surface area contributed by atoms with E-state index in [-0.39, 0.29) is 18.9 Å². The van der Waals surface area contributed by atoms with Crippen LogP contribution in [0.5, 0.6) is 0 Å². The molecule has 0 aromatic carbocycles. The van der Waals surface area contributed by atoms with Gasteiger partial charge in [-0.05, 0) is 27.2 Å². The summed E-state index contributed by atoms with van der Waals surface area (Å²) in [5, 5.41) is 12.9. The van der Waals surface area contributed by atoms with Gasteiger partial charge in [0, 0.05) is 13.0 Å². The van der Waals surface area contributed by atoms with Crippen LogP contribution in [0.25, 0.3) is 0 Å². The van der Waals surface area contributed by atoms with E-state index in [2.05, 4.69) is 10.6 Å². The Morgan fingerprint density at radius 1 is 1.17 bits per heavy atom. The van der Waals surface area contributed by atoms with E-state index in [9.17, 15) is 14.4 Å². The van der Waals surface area contributed by atoms with Crippen LogP contribution in [0, 0.1) is 0 Å². The topological polar surface area (TPSA) is 105 Å². The van der Waals surface area contributed by atoms with Crippen LogP contribution in [0.15, 0.2) is 0 Å². The molecule has 0 heterocycles. The maximum absolute atomic E-state index is 11.3. The molecule has 0 rings (SSSR count). The SMILES string of the molecule is CC(C)(C)OC(=O)CCCNC(=O)NCC(=O)O. The van der Waals surface area contributed by atoms with Gasteiger partial charge in [0.05, 0.1) is 0 Å². The number of carbonyl (C=O) groups excluding carboxylic acids is 2. The van der Waals surface area contributed by atoms with E-state index < -0.39 is 24.1 Å². The Kier molecular flexibility index (Phi) is 6.77. The van der Waals surface area contributed by atoms with Gasteiger partial charge >= 0.3 is 18.0 Å². The van der Waals surface area contributed by atoms with Crippen LogP contribution in [0.2, 0.25) is 0 Å². The highest BCUT2D eigenvalue weighted by molar-refractivity contribution is 5.79. The van der Waals surface area contributed by atoms with Gasteiger partial charge in [-0.3, -0.25) is 9.59 Å². The second-order valence-electron chi connectivity index (χ2n) is 4.69. The van der Waals surface area contributed by atoms with Gasteiger partial charge in [0.15, 0.2) is 0 Å². The lowest BCUT2D eigenvalue weighted by Gasteiger charge is -2.19. The summed E-state index contributed by atoms with van der Waals surface area (Å²) in [5.74, 6) is -1.44. The largest absolute Gasteiger partial charge is 0.480 e. The minimum Gasteiger partial charge on any atom is -0.480 e. The van der Waals surface area contributed by atoms with E-state index in [4.69, 9.17) is 9.84 Å². The van der Waals surface area contributed by atoms with Gasteiger partial charge in [0.2, 0.25) is 0 Å². The minimum absolute atomic E-state index is 0.205. The maximum atomic E-state index is 11.3. The third-order valence-corrected chi connectivity index (χ3v) is 1.66. The monoisotopic (exact) mass is 260 g/mol. The highest BCUT2D eigenvalue weighted by atomic mass is 16.6. The molecule has 3 N–H and O–H groups in total. The summed E-state index contributed by atoms with van der Waals surface area (Å²) in [6.45, 7) is 5.19. The minimum atomic E-state index is -1.11. The van der Waals surface area contributed by atoms with Crippen LogP contribution in [0.3, 0.4) is 0 Å². The molecule has 0 aromatic rings. The number of rotatable bonds is 6. The molecule has 2 amide bonds. The zero-order valence-electron chi connectivity index (χ0n) is 10.9. The van der Waals surface area contributed by atoms with Crippen molar-refractivity contribution in [3.63, 3.8) is 0 Å². The van der Waals surface area contributed by atoms with Crippen molar-refractivity contribution in [1.82, 2.24) is 10.6 Å². The van der Waals surface area contributed by atoms with Crippen molar-refractivity contribution in [1.29, 1.82) is 0 Å². The van der Waals surface area contributed by atoms with E-state index in [1.165, 1.54) is 0 Å². The summed E-state index contributed by atoms with van der Waals surface area (Å²) < 4.78 is 5.08. The van der Waals surface area contributed by atoms with Gasteiger partial charge in [-0.1, -0.05) is 0 Å². The lowest BCUT2D eigenvalue weighted by atomic mass is 10.2. The summed E-state index contributed by atoms with van der Waals surface area (Å²) in [7, 11) is 0. The van der Waals surface area contributed by atoms with Gasteiger partial charge < -0.3 is 20.5 Å². The van der Waals surface area contributed by atoms with Crippen molar-refractivity contribution in [2.24, 2.45) is 0 Å². The average Bonchev–Trinajstić information content (AvgIpc) is 2.19. The zero-order chi connectivity index (χ0) is 14.2. The number of carboxylic acids is 1. The molecule has 0 saturated carbocycles. The van der Waals surface area contributed by atoms with Gasteiger partial charge in [0.25, 0.3) is 0 Å². The number of nitrogens with one attached hydrogen (secondary N) is 2. The van der Waals surface area contributed by atoms with Crippen molar-refractivity contribution in [2.45, 2.75) is 39.2 Å². The number of carbonyl (C=O) groups is 3. The van der Waals surface area contributed by atoms with E-state index in [1.807, 2.05) is 0 Å². The molecule has 7 heteroatoms. The van der Waals surface area contributed by atoms with Gasteiger partial charge in [-0.2, -0.15) is 0 Å². The second-order valence-corrected chi connectivity index (χ2v) is 4.69. The standard InChI is InChI=1S/C11H20N2O5/c1-11(2,3)18-9(16)5-4-6-12-10(17)13-7-8(14)15/h4-7H2,1-3H3,(H,14,15)(H2,12,13,17). The molecule has 0 atom stereocenters. The number of hydrogen-bond acceptors (Lipinski definition) is 4. The molecule has 0 aliphatic rings. The van der Waals surface area contributed by atoms with E-state index in [0.717, 1.165) is 0 Å². The second kappa shape index (κ2) is 7.52. The number of ether oxygens (including phenoxy) is 1. The molecule has 0 aliphatic carbocycles. The normalized spacial score (nSPS) is 10.6.